The van der Waals surface area contributed by atoms with Crippen molar-refractivity contribution in [1.82, 2.24) is 4.98 Å². The van der Waals surface area contributed by atoms with Crippen molar-refractivity contribution < 1.29 is 4.79 Å². The molecule has 1 heterocycles. The average Bonchev–Trinajstić information content (AvgIpc) is 2.40. The molecule has 0 aromatic carbocycles. The highest BCUT2D eigenvalue weighted by atomic mass is 79.9. The smallest absolute Gasteiger partial charge is 0.195 e. The Labute approximate surface area is 88.5 Å². The molecule has 2 N–H and O–H groups in total. The molecule has 1 aromatic rings. The summed E-state index contributed by atoms with van der Waals surface area (Å²) in [5, 5.41) is 0.500. The number of ketones is 1. The van der Waals surface area contributed by atoms with Gasteiger partial charge in [0.05, 0.1) is 4.83 Å². The Hall–Kier alpha value is -0.420. The van der Waals surface area contributed by atoms with Crippen molar-refractivity contribution in [3.63, 3.8) is 0 Å². The number of aromatic nitrogens is 1. The van der Waals surface area contributed by atoms with E-state index < -0.39 is 0 Å². The summed E-state index contributed by atoms with van der Waals surface area (Å²) in [5.41, 5.74) is 6.14. The summed E-state index contributed by atoms with van der Waals surface area (Å²) in [6, 6.07) is 0. The Morgan fingerprint density at radius 1 is 1.62 bits per heavy atom. The van der Waals surface area contributed by atoms with Crippen LogP contribution in [-0.4, -0.2) is 15.6 Å². The number of alkyl halides is 1. The minimum Gasteiger partial charge on any atom is -0.375 e. The number of anilines is 1. The van der Waals surface area contributed by atoms with Gasteiger partial charge in [-0.15, -0.1) is 11.3 Å². The zero-order valence-electron chi connectivity index (χ0n) is 6.92. The normalized spacial score (nSPS) is 22.5. The topological polar surface area (TPSA) is 56.0 Å². The number of thiazole rings is 1. The lowest BCUT2D eigenvalue weighted by Gasteiger charge is -2.00. The van der Waals surface area contributed by atoms with Crippen molar-refractivity contribution >= 4 is 38.2 Å². The van der Waals surface area contributed by atoms with E-state index in [-0.39, 0.29) is 10.6 Å². The summed E-state index contributed by atoms with van der Waals surface area (Å²) >= 11 is 4.79. The van der Waals surface area contributed by atoms with E-state index in [1.807, 2.05) is 0 Å². The Bertz CT molecular complexity index is 350. The van der Waals surface area contributed by atoms with Gasteiger partial charge in [0.1, 0.15) is 5.69 Å². The van der Waals surface area contributed by atoms with Gasteiger partial charge in [-0.05, 0) is 19.3 Å². The van der Waals surface area contributed by atoms with Crippen molar-refractivity contribution in [1.29, 1.82) is 0 Å². The number of carbonyl (C=O) groups excluding carboxylic acids is 1. The van der Waals surface area contributed by atoms with Crippen LogP contribution in [-0.2, 0) is 6.42 Å². The van der Waals surface area contributed by atoms with Gasteiger partial charge in [0, 0.05) is 4.88 Å². The van der Waals surface area contributed by atoms with E-state index in [2.05, 4.69) is 20.9 Å². The maximum atomic E-state index is 11.7. The van der Waals surface area contributed by atoms with Gasteiger partial charge in [-0.1, -0.05) is 15.9 Å². The molecule has 13 heavy (non-hydrogen) atoms. The molecule has 1 aliphatic rings. The summed E-state index contributed by atoms with van der Waals surface area (Å²) in [4.78, 5) is 16.7. The van der Waals surface area contributed by atoms with E-state index in [1.165, 1.54) is 11.3 Å². The van der Waals surface area contributed by atoms with Gasteiger partial charge in [-0.3, -0.25) is 4.79 Å². The molecule has 2 rings (SSSR count). The van der Waals surface area contributed by atoms with Gasteiger partial charge in [-0.2, -0.15) is 0 Å². The maximum absolute atomic E-state index is 11.7. The molecule has 0 amide bonds. The molecule has 1 atom stereocenters. The molecular formula is C8H9BrN2OS. The predicted molar refractivity (Wildman–Crippen MR) is 56.5 cm³/mol. The van der Waals surface area contributed by atoms with Crippen LogP contribution in [0.15, 0.2) is 0 Å². The third-order valence-corrected chi connectivity index (χ3v) is 3.91. The molecule has 0 bridgehead atoms. The fourth-order valence-corrected chi connectivity index (χ4v) is 2.87. The second-order valence-corrected chi connectivity index (χ2v) is 5.27. The Balaban J connectivity index is 2.45. The van der Waals surface area contributed by atoms with E-state index in [0.717, 1.165) is 24.1 Å². The van der Waals surface area contributed by atoms with Gasteiger partial charge >= 0.3 is 0 Å². The molecule has 1 aromatic heterocycles. The molecule has 5 heteroatoms. The van der Waals surface area contributed by atoms with Crippen LogP contribution in [0.4, 0.5) is 5.13 Å². The molecule has 0 spiro atoms. The standard InChI is InChI=1S/C8H9BrN2OS/c9-4-2-1-3-5-6(7(4)12)11-8(10)13-5/h4H,1-3H2,(H2,10,11). The predicted octanol–water partition coefficient (Wildman–Crippen LogP) is 2.01. The SMILES string of the molecule is Nc1nc2c(s1)CCCC(Br)C2=O. The number of halogens is 1. The summed E-state index contributed by atoms with van der Waals surface area (Å²) in [5.74, 6) is 0.0838. The number of nitrogen functional groups attached to an aromatic ring is 1. The molecule has 0 radical (unpaired) electrons. The fraction of sp³-hybridized carbons (Fsp3) is 0.500. The summed E-state index contributed by atoms with van der Waals surface area (Å²) in [6.07, 6.45) is 2.84. The molecule has 1 unspecified atom stereocenters. The van der Waals surface area contributed by atoms with Crippen LogP contribution in [0.1, 0.15) is 28.2 Å². The first-order valence-corrected chi connectivity index (χ1v) is 5.85. The Kier molecular flexibility index (Phi) is 2.38. The van der Waals surface area contributed by atoms with Crippen molar-refractivity contribution in [2.24, 2.45) is 0 Å². The van der Waals surface area contributed by atoms with E-state index in [4.69, 9.17) is 5.73 Å². The number of nitrogens with two attached hydrogens (primary N) is 1. The van der Waals surface area contributed by atoms with E-state index in [0.29, 0.717) is 10.8 Å². The molecule has 0 aliphatic heterocycles. The summed E-state index contributed by atoms with van der Waals surface area (Å²) < 4.78 is 0. The number of hydrogen-bond acceptors (Lipinski definition) is 4. The average molecular weight is 261 g/mol. The van der Waals surface area contributed by atoms with Crippen LogP contribution in [0.5, 0.6) is 0 Å². The van der Waals surface area contributed by atoms with Crippen LogP contribution in [0, 0.1) is 0 Å². The molecule has 0 saturated carbocycles. The number of aryl methyl sites for hydroxylation is 1. The molecular weight excluding hydrogens is 252 g/mol. The minimum atomic E-state index is -0.0738. The highest BCUT2D eigenvalue weighted by molar-refractivity contribution is 9.10. The number of rotatable bonds is 0. The van der Waals surface area contributed by atoms with E-state index >= 15 is 0 Å². The number of hydrogen-bond donors (Lipinski definition) is 1. The zero-order valence-corrected chi connectivity index (χ0v) is 9.32. The highest BCUT2D eigenvalue weighted by Gasteiger charge is 2.26. The lowest BCUT2D eigenvalue weighted by molar-refractivity contribution is 0.0986. The first kappa shape index (κ1) is 9.15. The first-order valence-electron chi connectivity index (χ1n) is 4.12. The van der Waals surface area contributed by atoms with Crippen molar-refractivity contribution in [3.05, 3.63) is 10.6 Å². The monoisotopic (exact) mass is 260 g/mol. The second-order valence-electron chi connectivity index (χ2n) is 3.05. The van der Waals surface area contributed by atoms with Crippen LogP contribution < -0.4 is 5.73 Å². The molecule has 1 aliphatic carbocycles. The lowest BCUT2D eigenvalue weighted by atomic mass is 10.2. The molecule has 3 nitrogen and oxygen atoms in total. The number of nitrogens with zero attached hydrogens (tertiary/aromatic N) is 1. The maximum Gasteiger partial charge on any atom is 0.195 e. The number of carbonyl (C=O) groups is 1. The van der Waals surface area contributed by atoms with Crippen LogP contribution in [0.25, 0.3) is 0 Å². The quantitative estimate of drug-likeness (QED) is 0.574. The van der Waals surface area contributed by atoms with E-state index in [1.54, 1.807) is 0 Å². The third-order valence-electron chi connectivity index (χ3n) is 2.09. The van der Waals surface area contributed by atoms with Crippen molar-refractivity contribution in [2.45, 2.75) is 24.1 Å². The van der Waals surface area contributed by atoms with Crippen molar-refractivity contribution in [3.8, 4) is 0 Å². The molecule has 70 valence electrons. The second kappa shape index (κ2) is 3.38. The van der Waals surface area contributed by atoms with Crippen LogP contribution in [0.3, 0.4) is 0 Å². The first-order chi connectivity index (χ1) is 6.18. The van der Waals surface area contributed by atoms with Gasteiger partial charge in [0.15, 0.2) is 10.9 Å². The number of fused-ring (bicyclic) bond motifs is 1. The minimum absolute atomic E-state index is 0.0738. The van der Waals surface area contributed by atoms with Gasteiger partial charge in [0.25, 0.3) is 0 Å². The summed E-state index contributed by atoms with van der Waals surface area (Å²) in [7, 11) is 0. The number of Topliss-reactive ketones (excluding diaryl/α,β-unsaturated/α-hetero) is 1. The van der Waals surface area contributed by atoms with Gasteiger partial charge in [-0.25, -0.2) is 4.98 Å². The highest BCUT2D eigenvalue weighted by Crippen LogP contribution is 2.29. The van der Waals surface area contributed by atoms with Crippen LogP contribution in [0.2, 0.25) is 0 Å². The van der Waals surface area contributed by atoms with Crippen LogP contribution >= 0.6 is 27.3 Å². The van der Waals surface area contributed by atoms with E-state index in [9.17, 15) is 4.79 Å². The summed E-state index contributed by atoms with van der Waals surface area (Å²) in [6.45, 7) is 0. The fourth-order valence-electron chi connectivity index (χ4n) is 1.45. The van der Waals surface area contributed by atoms with Crippen molar-refractivity contribution in [2.75, 3.05) is 5.73 Å². The zero-order chi connectivity index (χ0) is 9.42. The van der Waals surface area contributed by atoms with Gasteiger partial charge in [0.2, 0.25) is 0 Å². The Morgan fingerprint density at radius 3 is 3.15 bits per heavy atom. The molecule has 0 fully saturated rings. The Morgan fingerprint density at radius 2 is 2.38 bits per heavy atom. The van der Waals surface area contributed by atoms with Gasteiger partial charge < -0.3 is 5.73 Å². The third kappa shape index (κ3) is 1.62. The lowest BCUT2D eigenvalue weighted by Crippen LogP contribution is -2.13. The molecule has 0 saturated heterocycles. The largest absolute Gasteiger partial charge is 0.375 e.